The molecule has 7 nitrogen and oxygen atoms in total. The van der Waals surface area contributed by atoms with Gasteiger partial charge in [-0.15, -0.1) is 11.3 Å². The minimum atomic E-state index is -0.965. The fourth-order valence-corrected chi connectivity index (χ4v) is 5.95. The normalized spacial score (nSPS) is 22.6. The first kappa shape index (κ1) is 23.5. The number of hydrogen-bond acceptors (Lipinski definition) is 6. The summed E-state index contributed by atoms with van der Waals surface area (Å²) in [7, 11) is 0. The van der Waals surface area contributed by atoms with Gasteiger partial charge in [-0.1, -0.05) is 25.7 Å². The molecule has 0 unspecified atom stereocenters. The summed E-state index contributed by atoms with van der Waals surface area (Å²) in [6.45, 7) is 1.92. The third-order valence-corrected chi connectivity index (χ3v) is 8.18. The molecule has 2 aromatic heterocycles. The van der Waals surface area contributed by atoms with Crippen LogP contribution in [0.15, 0.2) is 28.9 Å². The number of rotatable bonds is 8. The van der Waals surface area contributed by atoms with E-state index in [1.165, 1.54) is 11.3 Å². The molecule has 2 saturated carbocycles. The Morgan fingerprint density at radius 1 is 1.32 bits per heavy atom. The number of hydrogen-bond donors (Lipinski definition) is 2. The Balaban J connectivity index is 1.24. The van der Waals surface area contributed by atoms with Gasteiger partial charge in [0.15, 0.2) is 0 Å². The van der Waals surface area contributed by atoms with Crippen molar-refractivity contribution in [3.05, 3.63) is 38.6 Å². The Morgan fingerprint density at radius 3 is 2.88 bits per heavy atom. The number of pyridine rings is 1. The second kappa shape index (κ2) is 10.2. The Labute approximate surface area is 210 Å². The average Bonchev–Trinajstić information content (AvgIpc) is 3.21. The van der Waals surface area contributed by atoms with E-state index in [0.29, 0.717) is 42.7 Å². The summed E-state index contributed by atoms with van der Waals surface area (Å²) in [4.78, 5) is 33.9. The van der Waals surface area contributed by atoms with Gasteiger partial charge in [-0.3, -0.25) is 9.59 Å². The van der Waals surface area contributed by atoms with Crippen molar-refractivity contribution in [3.8, 4) is 5.88 Å². The van der Waals surface area contributed by atoms with Gasteiger partial charge >= 0.3 is 0 Å². The highest BCUT2D eigenvalue weighted by Crippen LogP contribution is 2.34. The summed E-state index contributed by atoms with van der Waals surface area (Å²) in [5.74, 6) is 0.500. The molecule has 1 aliphatic heterocycles. The largest absolute Gasteiger partial charge is 0.474 e. The van der Waals surface area contributed by atoms with Gasteiger partial charge in [-0.05, 0) is 46.5 Å². The zero-order chi connectivity index (χ0) is 23.7. The zero-order valence-electron chi connectivity index (χ0n) is 18.8. The summed E-state index contributed by atoms with van der Waals surface area (Å²) in [5.41, 5.74) is 0.916. The minimum Gasteiger partial charge on any atom is -0.474 e. The first-order chi connectivity index (χ1) is 16.5. The van der Waals surface area contributed by atoms with Crippen LogP contribution in [0.25, 0.3) is 0 Å². The molecular formula is C24H28BrFN4O3S. The van der Waals surface area contributed by atoms with E-state index in [0.717, 1.165) is 47.3 Å². The van der Waals surface area contributed by atoms with Gasteiger partial charge in [0.2, 0.25) is 11.8 Å². The molecule has 2 aliphatic carbocycles. The van der Waals surface area contributed by atoms with Gasteiger partial charge in [0.25, 0.3) is 5.91 Å². The average molecular weight is 551 g/mol. The Kier molecular flexibility index (Phi) is 7.06. The number of carbonyl (C=O) groups excluding carboxylic acids is 2. The van der Waals surface area contributed by atoms with Crippen molar-refractivity contribution in [3.63, 3.8) is 0 Å². The second-order valence-electron chi connectivity index (χ2n) is 9.29. The van der Waals surface area contributed by atoms with E-state index >= 15 is 0 Å². The SMILES string of the molecule is O=C(N[C@@H](CC1CCCC1)C(=O)N[C@H]1C[C@@H]1F)c1ccc(CN2CCOc3ncc(Br)cc32)s1. The van der Waals surface area contributed by atoms with E-state index in [1.807, 2.05) is 12.1 Å². The maximum atomic E-state index is 13.3. The molecule has 0 aromatic carbocycles. The number of amides is 2. The molecule has 0 bridgehead atoms. The second-order valence-corrected chi connectivity index (χ2v) is 11.4. The molecule has 2 fully saturated rings. The molecule has 34 heavy (non-hydrogen) atoms. The molecule has 2 amide bonds. The number of halogens is 2. The number of nitrogens with one attached hydrogen (secondary N) is 2. The van der Waals surface area contributed by atoms with Gasteiger partial charge < -0.3 is 20.3 Å². The fourth-order valence-electron chi connectivity index (χ4n) is 4.70. The van der Waals surface area contributed by atoms with Crippen LogP contribution in [0, 0.1) is 5.92 Å². The number of fused-ring (bicyclic) bond motifs is 1. The molecule has 3 atom stereocenters. The van der Waals surface area contributed by atoms with E-state index < -0.39 is 18.3 Å². The van der Waals surface area contributed by atoms with Crippen LogP contribution in [0.4, 0.5) is 10.1 Å². The zero-order valence-corrected chi connectivity index (χ0v) is 21.2. The lowest BCUT2D eigenvalue weighted by atomic mass is 9.97. The van der Waals surface area contributed by atoms with E-state index in [1.54, 1.807) is 12.3 Å². The molecule has 0 radical (unpaired) electrons. The minimum absolute atomic E-state index is 0.256. The third kappa shape index (κ3) is 5.54. The number of aromatic nitrogens is 1. The van der Waals surface area contributed by atoms with Gasteiger partial charge in [0.05, 0.1) is 24.0 Å². The maximum Gasteiger partial charge on any atom is 0.262 e. The highest BCUT2D eigenvalue weighted by atomic mass is 79.9. The van der Waals surface area contributed by atoms with E-state index in [4.69, 9.17) is 4.74 Å². The van der Waals surface area contributed by atoms with Crippen LogP contribution in [0.5, 0.6) is 5.88 Å². The van der Waals surface area contributed by atoms with Crippen molar-refractivity contribution < 1.29 is 18.7 Å². The predicted molar refractivity (Wildman–Crippen MR) is 132 cm³/mol. The van der Waals surface area contributed by atoms with E-state index in [2.05, 4.69) is 36.4 Å². The third-order valence-electron chi connectivity index (χ3n) is 6.68. The van der Waals surface area contributed by atoms with Gasteiger partial charge in [0.1, 0.15) is 24.5 Å². The number of ether oxygens (including phenoxy) is 1. The Bertz CT molecular complexity index is 1060. The molecule has 5 rings (SSSR count). The van der Waals surface area contributed by atoms with Crippen LogP contribution in [0.2, 0.25) is 0 Å². The van der Waals surface area contributed by atoms with Crippen molar-refractivity contribution >= 4 is 44.8 Å². The lowest BCUT2D eigenvalue weighted by molar-refractivity contribution is -0.123. The molecule has 3 heterocycles. The summed E-state index contributed by atoms with van der Waals surface area (Å²) >= 11 is 4.88. The molecule has 10 heteroatoms. The molecule has 3 aliphatic rings. The van der Waals surface area contributed by atoms with Crippen LogP contribution >= 0.6 is 27.3 Å². The van der Waals surface area contributed by atoms with Crippen LogP contribution in [-0.2, 0) is 11.3 Å². The van der Waals surface area contributed by atoms with Gasteiger partial charge in [-0.2, -0.15) is 0 Å². The Hall–Kier alpha value is -2.20. The fraction of sp³-hybridized carbons (Fsp3) is 0.542. The van der Waals surface area contributed by atoms with Gasteiger partial charge in [-0.25, -0.2) is 9.37 Å². The lowest BCUT2D eigenvalue weighted by Gasteiger charge is -2.30. The van der Waals surface area contributed by atoms with Crippen molar-refractivity contribution in [1.29, 1.82) is 0 Å². The number of alkyl halides is 1. The summed E-state index contributed by atoms with van der Waals surface area (Å²) < 4.78 is 19.9. The monoisotopic (exact) mass is 550 g/mol. The quantitative estimate of drug-likeness (QED) is 0.514. The first-order valence-electron chi connectivity index (χ1n) is 11.8. The van der Waals surface area contributed by atoms with Crippen LogP contribution in [0.1, 0.15) is 53.1 Å². The van der Waals surface area contributed by atoms with Crippen molar-refractivity contribution in [1.82, 2.24) is 15.6 Å². The van der Waals surface area contributed by atoms with Crippen LogP contribution in [-0.4, -0.2) is 48.2 Å². The number of nitrogens with zero attached hydrogens (tertiary/aromatic N) is 2. The highest BCUT2D eigenvalue weighted by Gasteiger charge is 2.40. The molecule has 182 valence electrons. The van der Waals surface area contributed by atoms with Crippen LogP contribution in [0.3, 0.4) is 0 Å². The van der Waals surface area contributed by atoms with Crippen molar-refractivity contribution in [2.45, 2.75) is 63.3 Å². The number of anilines is 1. The van der Waals surface area contributed by atoms with Crippen molar-refractivity contribution in [2.75, 3.05) is 18.1 Å². The Morgan fingerprint density at radius 2 is 2.12 bits per heavy atom. The molecule has 0 spiro atoms. The molecule has 2 aromatic rings. The smallest absolute Gasteiger partial charge is 0.262 e. The van der Waals surface area contributed by atoms with Gasteiger partial charge in [0, 0.05) is 22.0 Å². The van der Waals surface area contributed by atoms with Crippen molar-refractivity contribution in [2.24, 2.45) is 5.92 Å². The molecular weight excluding hydrogens is 523 g/mol. The number of thiophene rings is 1. The summed E-state index contributed by atoms with van der Waals surface area (Å²) in [6, 6.07) is 4.69. The molecule has 2 N–H and O–H groups in total. The predicted octanol–water partition coefficient (Wildman–Crippen LogP) is 4.21. The molecule has 0 saturated heterocycles. The maximum absolute atomic E-state index is 13.3. The summed E-state index contributed by atoms with van der Waals surface area (Å²) in [6.07, 6.45) is 6.18. The summed E-state index contributed by atoms with van der Waals surface area (Å²) in [5, 5.41) is 5.69. The topological polar surface area (TPSA) is 83.6 Å². The standard InChI is InChI=1S/C24H28BrFN4O3S/c25-15-10-20-24(27-12-15)33-8-7-30(20)13-16-5-6-21(34-16)23(32)29-19(9-14-3-1-2-4-14)22(31)28-18-11-17(18)26/h5-6,10,12,14,17-19H,1-4,7-9,11,13H2,(H,28,31)(H,29,32)/t17-,18-,19-/m0/s1. The highest BCUT2D eigenvalue weighted by molar-refractivity contribution is 9.10. The van der Waals surface area contributed by atoms with E-state index in [9.17, 15) is 14.0 Å². The number of carbonyl (C=O) groups is 2. The van der Waals surface area contributed by atoms with E-state index in [-0.39, 0.29) is 11.8 Å². The van der Waals surface area contributed by atoms with Crippen LogP contribution < -0.4 is 20.3 Å². The lowest BCUT2D eigenvalue weighted by Crippen LogP contribution is -2.48. The first-order valence-corrected chi connectivity index (χ1v) is 13.4.